The number of methoxy groups -OCH3 is 1. The Morgan fingerprint density at radius 1 is 1.11 bits per heavy atom. The van der Waals surface area contributed by atoms with E-state index in [4.69, 9.17) is 4.74 Å². The number of aromatic nitrogens is 2. The number of benzene rings is 1. The molecular weight excluding hydrogens is 442 g/mol. The van der Waals surface area contributed by atoms with Gasteiger partial charge in [0.05, 0.1) is 7.11 Å². The van der Waals surface area contributed by atoms with Gasteiger partial charge in [0.1, 0.15) is 17.1 Å². The number of urea groups is 1. The van der Waals surface area contributed by atoms with Crippen molar-refractivity contribution in [3.05, 3.63) is 47.5 Å². The fourth-order valence-electron chi connectivity index (χ4n) is 5.47. The number of carbonyl (C=O) groups excluding carboxylic acids is 2. The molecule has 35 heavy (non-hydrogen) atoms. The predicted octanol–water partition coefficient (Wildman–Crippen LogP) is 3.92. The summed E-state index contributed by atoms with van der Waals surface area (Å²) < 4.78 is 5.21. The first kappa shape index (κ1) is 25.2. The first-order chi connectivity index (χ1) is 17.0. The lowest BCUT2D eigenvalue weighted by Gasteiger charge is -2.40. The molecule has 0 aliphatic carbocycles. The number of piperidine rings is 1. The van der Waals surface area contributed by atoms with Crippen LogP contribution in [0.5, 0.6) is 5.75 Å². The zero-order valence-electron chi connectivity index (χ0n) is 21.3. The normalized spacial score (nSPS) is 21.5. The third-order valence-corrected chi connectivity index (χ3v) is 7.67. The number of hydrogen-bond donors (Lipinski definition) is 2. The second kappa shape index (κ2) is 11.2. The molecule has 2 saturated heterocycles. The number of amides is 3. The monoisotopic (exact) mass is 481 g/mol. The Morgan fingerprint density at radius 3 is 2.51 bits per heavy atom. The van der Waals surface area contributed by atoms with Gasteiger partial charge >= 0.3 is 6.03 Å². The molecule has 8 nitrogen and oxygen atoms in total. The van der Waals surface area contributed by atoms with Crippen LogP contribution in [0.4, 0.5) is 4.79 Å². The second-order valence-corrected chi connectivity index (χ2v) is 9.82. The molecule has 2 fully saturated rings. The predicted molar refractivity (Wildman–Crippen MR) is 135 cm³/mol. The highest BCUT2D eigenvalue weighted by Gasteiger charge is 2.54. The summed E-state index contributed by atoms with van der Waals surface area (Å²) >= 11 is 0. The minimum Gasteiger partial charge on any atom is -0.497 e. The third kappa shape index (κ3) is 5.53. The number of aromatic amines is 1. The molecule has 1 atom stereocenters. The molecule has 8 heteroatoms. The van der Waals surface area contributed by atoms with Crippen molar-refractivity contribution in [2.24, 2.45) is 5.92 Å². The van der Waals surface area contributed by atoms with Gasteiger partial charge in [-0.1, -0.05) is 32.4 Å². The SMILES string of the molecule is CCCCc1ncc(CN2CCC(C3(CC)NC(=O)N(CCc4ccc(OC)cc4)C3=O)CC2)[nH]1. The van der Waals surface area contributed by atoms with Crippen LogP contribution in [-0.4, -0.2) is 64.0 Å². The minimum absolute atomic E-state index is 0.0638. The lowest BCUT2D eigenvalue weighted by molar-refractivity contribution is -0.134. The second-order valence-electron chi connectivity index (χ2n) is 9.82. The molecule has 2 aromatic rings. The maximum atomic E-state index is 13.5. The molecule has 4 rings (SSSR count). The molecule has 1 aromatic carbocycles. The summed E-state index contributed by atoms with van der Waals surface area (Å²) in [6.07, 6.45) is 8.28. The number of imide groups is 1. The highest BCUT2D eigenvalue weighted by atomic mass is 16.5. The van der Waals surface area contributed by atoms with Crippen molar-refractivity contribution in [1.29, 1.82) is 0 Å². The number of rotatable bonds is 11. The van der Waals surface area contributed by atoms with Crippen molar-refractivity contribution in [3.8, 4) is 5.75 Å². The summed E-state index contributed by atoms with van der Waals surface area (Å²) in [6, 6.07) is 7.50. The topological polar surface area (TPSA) is 90.6 Å². The van der Waals surface area contributed by atoms with Gasteiger partial charge in [0.15, 0.2) is 0 Å². The van der Waals surface area contributed by atoms with Crippen LogP contribution in [0.3, 0.4) is 0 Å². The van der Waals surface area contributed by atoms with Crippen LogP contribution < -0.4 is 10.1 Å². The van der Waals surface area contributed by atoms with E-state index in [1.54, 1.807) is 7.11 Å². The van der Waals surface area contributed by atoms with E-state index < -0.39 is 5.54 Å². The summed E-state index contributed by atoms with van der Waals surface area (Å²) in [6.45, 7) is 7.25. The molecule has 0 bridgehead atoms. The summed E-state index contributed by atoms with van der Waals surface area (Å²) in [5.74, 6) is 1.94. The smallest absolute Gasteiger partial charge is 0.325 e. The van der Waals surface area contributed by atoms with E-state index in [-0.39, 0.29) is 17.9 Å². The largest absolute Gasteiger partial charge is 0.497 e. The Morgan fingerprint density at radius 2 is 1.86 bits per heavy atom. The molecule has 0 saturated carbocycles. The number of nitrogens with one attached hydrogen (secondary N) is 2. The van der Waals surface area contributed by atoms with Gasteiger partial charge in [-0.2, -0.15) is 0 Å². The van der Waals surface area contributed by atoms with Gasteiger partial charge in [-0.25, -0.2) is 9.78 Å². The molecule has 2 aliphatic rings. The van der Waals surface area contributed by atoms with Gasteiger partial charge in [0, 0.05) is 31.4 Å². The van der Waals surface area contributed by atoms with Gasteiger partial charge < -0.3 is 15.0 Å². The maximum absolute atomic E-state index is 13.5. The third-order valence-electron chi connectivity index (χ3n) is 7.67. The van der Waals surface area contributed by atoms with Crippen molar-refractivity contribution in [3.63, 3.8) is 0 Å². The van der Waals surface area contributed by atoms with Crippen LogP contribution >= 0.6 is 0 Å². The molecule has 2 aliphatic heterocycles. The molecular formula is C27H39N5O3. The lowest BCUT2D eigenvalue weighted by atomic mass is 9.75. The van der Waals surface area contributed by atoms with Gasteiger partial charge in [-0.15, -0.1) is 0 Å². The number of ether oxygens (including phenoxy) is 1. The zero-order chi connectivity index (χ0) is 24.8. The first-order valence-corrected chi connectivity index (χ1v) is 13.0. The summed E-state index contributed by atoms with van der Waals surface area (Å²) in [5, 5.41) is 3.11. The number of nitrogens with zero attached hydrogens (tertiary/aromatic N) is 3. The zero-order valence-corrected chi connectivity index (χ0v) is 21.3. The van der Waals surface area contributed by atoms with E-state index in [0.29, 0.717) is 19.4 Å². The molecule has 3 amide bonds. The molecule has 0 radical (unpaired) electrons. The van der Waals surface area contributed by atoms with E-state index in [2.05, 4.69) is 27.1 Å². The highest BCUT2D eigenvalue weighted by molar-refractivity contribution is 6.07. The van der Waals surface area contributed by atoms with Crippen LogP contribution in [0.2, 0.25) is 0 Å². The Bertz CT molecular complexity index is 997. The average molecular weight is 482 g/mol. The minimum atomic E-state index is -0.787. The number of unbranched alkanes of at least 4 members (excludes halogenated alkanes) is 1. The Balaban J connectivity index is 1.33. The van der Waals surface area contributed by atoms with Crippen LogP contribution in [0.25, 0.3) is 0 Å². The maximum Gasteiger partial charge on any atom is 0.325 e. The molecule has 0 spiro atoms. The molecule has 1 unspecified atom stereocenters. The van der Waals surface area contributed by atoms with Crippen LogP contribution in [0, 0.1) is 5.92 Å². The lowest BCUT2D eigenvalue weighted by Crippen LogP contribution is -2.55. The standard InChI is InChI=1S/C27H39N5O3/c1-4-6-7-24-28-18-22(29-24)19-31-15-13-21(14-16-31)27(5-2)25(33)32(26(34)30-27)17-12-20-8-10-23(35-3)11-9-20/h8-11,18,21H,4-7,12-17,19H2,1-3H3,(H,28,29)(H,30,34). The fraction of sp³-hybridized carbons (Fsp3) is 0.593. The van der Waals surface area contributed by atoms with E-state index in [1.165, 1.54) is 4.90 Å². The Labute approximate surface area is 208 Å². The molecule has 2 N–H and O–H groups in total. The average Bonchev–Trinajstić information content (AvgIpc) is 3.43. The van der Waals surface area contributed by atoms with Gasteiger partial charge in [0.25, 0.3) is 5.91 Å². The number of hydrogen-bond acceptors (Lipinski definition) is 5. The van der Waals surface area contributed by atoms with Crippen LogP contribution in [0.15, 0.2) is 30.5 Å². The highest BCUT2D eigenvalue weighted by Crippen LogP contribution is 2.36. The molecule has 3 heterocycles. The van der Waals surface area contributed by atoms with Crippen molar-refractivity contribution in [2.75, 3.05) is 26.7 Å². The van der Waals surface area contributed by atoms with E-state index >= 15 is 0 Å². The molecule has 1 aromatic heterocycles. The Kier molecular flexibility index (Phi) is 8.11. The Hall–Kier alpha value is -2.87. The fourth-order valence-corrected chi connectivity index (χ4v) is 5.47. The van der Waals surface area contributed by atoms with Crippen molar-refractivity contribution >= 4 is 11.9 Å². The van der Waals surface area contributed by atoms with Crippen molar-refractivity contribution in [1.82, 2.24) is 25.1 Å². The number of imidazole rings is 1. The van der Waals surface area contributed by atoms with Crippen LogP contribution in [-0.2, 0) is 24.2 Å². The number of aryl methyl sites for hydroxylation is 1. The van der Waals surface area contributed by atoms with E-state index in [9.17, 15) is 9.59 Å². The van der Waals surface area contributed by atoms with Crippen molar-refractivity contribution in [2.45, 2.75) is 70.9 Å². The van der Waals surface area contributed by atoms with E-state index in [0.717, 1.165) is 74.6 Å². The number of likely N-dealkylation sites (tertiary alicyclic amines) is 1. The summed E-state index contributed by atoms with van der Waals surface area (Å²) in [4.78, 5) is 38.2. The van der Waals surface area contributed by atoms with Crippen LogP contribution in [0.1, 0.15) is 63.0 Å². The summed E-state index contributed by atoms with van der Waals surface area (Å²) in [7, 11) is 1.64. The number of H-pyrrole nitrogens is 1. The quantitative estimate of drug-likeness (QED) is 0.475. The van der Waals surface area contributed by atoms with E-state index in [1.807, 2.05) is 37.4 Å². The number of carbonyl (C=O) groups is 2. The van der Waals surface area contributed by atoms with Gasteiger partial charge in [-0.05, 0) is 68.8 Å². The molecule has 190 valence electrons. The summed E-state index contributed by atoms with van der Waals surface area (Å²) in [5.41, 5.74) is 1.43. The van der Waals surface area contributed by atoms with Gasteiger partial charge in [-0.3, -0.25) is 14.6 Å². The van der Waals surface area contributed by atoms with Crippen molar-refractivity contribution < 1.29 is 14.3 Å². The van der Waals surface area contributed by atoms with Gasteiger partial charge in [0.2, 0.25) is 0 Å². The first-order valence-electron chi connectivity index (χ1n) is 13.0.